The van der Waals surface area contributed by atoms with E-state index in [2.05, 4.69) is 17.1 Å². The highest BCUT2D eigenvalue weighted by molar-refractivity contribution is 7.99. The second kappa shape index (κ2) is 7.71. The number of hydrogen-bond acceptors (Lipinski definition) is 4. The van der Waals surface area contributed by atoms with Crippen LogP contribution in [0.15, 0.2) is 18.2 Å². The average Bonchev–Trinajstić information content (AvgIpc) is 2.42. The summed E-state index contributed by atoms with van der Waals surface area (Å²) in [4.78, 5) is 14.5. The number of anilines is 2. The van der Waals surface area contributed by atoms with Crippen LogP contribution in [0.5, 0.6) is 0 Å². The van der Waals surface area contributed by atoms with E-state index in [1.165, 1.54) is 5.75 Å². The second-order valence-corrected chi connectivity index (χ2v) is 7.25. The summed E-state index contributed by atoms with van der Waals surface area (Å²) in [6.45, 7) is 7.53. The minimum absolute atomic E-state index is 0.0855. The summed E-state index contributed by atoms with van der Waals surface area (Å²) < 4.78 is 0. The van der Waals surface area contributed by atoms with Crippen LogP contribution in [0, 0.1) is 6.92 Å². The van der Waals surface area contributed by atoms with Crippen LogP contribution in [0.4, 0.5) is 11.4 Å². The molecule has 1 atom stereocenters. The Hall–Kier alpha value is -1.20. The number of thioether (sulfide) groups is 1. The van der Waals surface area contributed by atoms with Gasteiger partial charge in [-0.2, -0.15) is 11.8 Å². The van der Waals surface area contributed by atoms with E-state index < -0.39 is 0 Å². The number of nitrogen functional groups attached to an aromatic ring is 1. The van der Waals surface area contributed by atoms with Crippen LogP contribution in [-0.2, 0) is 4.79 Å². The number of aryl methyl sites for hydroxylation is 1. The smallest absolute Gasteiger partial charge is 0.224 e. The molecule has 0 bridgehead atoms. The van der Waals surface area contributed by atoms with Crippen molar-refractivity contribution >= 4 is 29.0 Å². The molecular formula is C16H25N3OS. The molecule has 0 aromatic heterocycles. The van der Waals surface area contributed by atoms with Crippen LogP contribution in [-0.4, -0.2) is 41.4 Å². The van der Waals surface area contributed by atoms with Gasteiger partial charge in [-0.25, -0.2) is 0 Å². The molecule has 1 aromatic carbocycles. The highest BCUT2D eigenvalue weighted by Crippen LogP contribution is 2.19. The lowest BCUT2D eigenvalue weighted by molar-refractivity contribution is -0.116. The van der Waals surface area contributed by atoms with Crippen LogP contribution in [0.3, 0.4) is 0 Å². The molecule has 1 amide bonds. The molecule has 3 N–H and O–H groups in total. The lowest BCUT2D eigenvalue weighted by Gasteiger charge is -2.30. The minimum atomic E-state index is 0.0855. The molecule has 1 fully saturated rings. The molecule has 1 aliphatic rings. The Labute approximate surface area is 131 Å². The van der Waals surface area contributed by atoms with Gasteiger partial charge in [0.25, 0.3) is 0 Å². The lowest BCUT2D eigenvalue weighted by atomic mass is 10.1. The molecule has 1 unspecified atom stereocenters. The molecule has 5 heteroatoms. The second-order valence-electron chi connectivity index (χ2n) is 5.71. The molecule has 1 aromatic rings. The third kappa shape index (κ3) is 5.25. The molecule has 1 saturated heterocycles. The molecular weight excluding hydrogens is 282 g/mol. The van der Waals surface area contributed by atoms with E-state index in [-0.39, 0.29) is 5.91 Å². The standard InChI is InChI=1S/C16H25N3OS/c1-12-10-14(17)5-6-15(12)18-16(20)4-3-7-19-8-9-21-13(2)11-19/h5-6,10,13H,3-4,7-9,11,17H2,1-2H3,(H,18,20). The van der Waals surface area contributed by atoms with E-state index in [0.29, 0.717) is 11.7 Å². The fraction of sp³-hybridized carbons (Fsp3) is 0.562. The van der Waals surface area contributed by atoms with Gasteiger partial charge in [0.15, 0.2) is 0 Å². The SMILES string of the molecule is Cc1cc(N)ccc1NC(=O)CCCN1CCSC(C)C1. The van der Waals surface area contributed by atoms with Crippen molar-refractivity contribution in [1.29, 1.82) is 0 Å². The summed E-state index contributed by atoms with van der Waals surface area (Å²) in [7, 11) is 0. The van der Waals surface area contributed by atoms with Crippen LogP contribution in [0.25, 0.3) is 0 Å². The van der Waals surface area contributed by atoms with Crippen molar-refractivity contribution in [2.45, 2.75) is 31.9 Å². The molecule has 0 radical (unpaired) electrons. The normalized spacial score (nSPS) is 19.4. The van der Waals surface area contributed by atoms with Crippen molar-refractivity contribution in [3.63, 3.8) is 0 Å². The first-order chi connectivity index (χ1) is 10.0. The Bertz CT molecular complexity index is 492. The van der Waals surface area contributed by atoms with Gasteiger partial charge in [-0.1, -0.05) is 6.92 Å². The largest absolute Gasteiger partial charge is 0.399 e. The summed E-state index contributed by atoms with van der Waals surface area (Å²) in [6, 6.07) is 5.56. The van der Waals surface area contributed by atoms with E-state index in [4.69, 9.17) is 5.73 Å². The highest BCUT2D eigenvalue weighted by Gasteiger charge is 2.16. The third-order valence-electron chi connectivity index (χ3n) is 3.73. The third-order valence-corrected chi connectivity index (χ3v) is 4.86. The van der Waals surface area contributed by atoms with E-state index in [1.54, 1.807) is 0 Å². The maximum atomic E-state index is 12.0. The molecule has 4 nitrogen and oxygen atoms in total. The van der Waals surface area contributed by atoms with Gasteiger partial charge >= 0.3 is 0 Å². The van der Waals surface area contributed by atoms with E-state index in [0.717, 1.165) is 43.0 Å². The van der Waals surface area contributed by atoms with Gasteiger partial charge in [0, 0.05) is 41.9 Å². The number of rotatable bonds is 5. The van der Waals surface area contributed by atoms with E-state index in [9.17, 15) is 4.79 Å². The minimum Gasteiger partial charge on any atom is -0.399 e. The summed E-state index contributed by atoms with van der Waals surface area (Å²) in [5.74, 6) is 1.29. The monoisotopic (exact) mass is 307 g/mol. The molecule has 21 heavy (non-hydrogen) atoms. The summed E-state index contributed by atoms with van der Waals surface area (Å²) in [6.07, 6.45) is 1.49. The molecule has 0 aliphatic carbocycles. The van der Waals surface area contributed by atoms with Crippen LogP contribution in [0.2, 0.25) is 0 Å². The fourth-order valence-electron chi connectivity index (χ4n) is 2.60. The maximum Gasteiger partial charge on any atom is 0.224 e. The lowest BCUT2D eigenvalue weighted by Crippen LogP contribution is -2.37. The number of nitrogens with two attached hydrogens (primary N) is 1. The predicted molar refractivity (Wildman–Crippen MR) is 91.8 cm³/mol. The quantitative estimate of drug-likeness (QED) is 0.821. The zero-order valence-electron chi connectivity index (χ0n) is 12.9. The average molecular weight is 307 g/mol. The number of benzene rings is 1. The van der Waals surface area contributed by atoms with Gasteiger partial charge in [-0.05, 0) is 43.7 Å². The maximum absolute atomic E-state index is 12.0. The number of nitrogens with zero attached hydrogens (tertiary/aromatic N) is 1. The molecule has 1 heterocycles. The van der Waals surface area contributed by atoms with Crippen LogP contribution in [0.1, 0.15) is 25.3 Å². The van der Waals surface area contributed by atoms with Crippen molar-refractivity contribution in [2.24, 2.45) is 0 Å². The van der Waals surface area contributed by atoms with E-state index >= 15 is 0 Å². The van der Waals surface area contributed by atoms with Crippen molar-refractivity contribution in [3.8, 4) is 0 Å². The van der Waals surface area contributed by atoms with Gasteiger partial charge in [0.05, 0.1) is 0 Å². The predicted octanol–water partition coefficient (Wildman–Crippen LogP) is 2.73. The Kier molecular flexibility index (Phi) is 5.94. The molecule has 2 rings (SSSR count). The van der Waals surface area contributed by atoms with Crippen molar-refractivity contribution < 1.29 is 4.79 Å². The molecule has 0 saturated carbocycles. The summed E-state index contributed by atoms with van der Waals surface area (Å²) in [5.41, 5.74) is 8.30. The molecule has 1 aliphatic heterocycles. The zero-order valence-corrected chi connectivity index (χ0v) is 13.7. The van der Waals surface area contributed by atoms with Crippen molar-refractivity contribution in [3.05, 3.63) is 23.8 Å². The number of nitrogens with one attached hydrogen (secondary N) is 1. The van der Waals surface area contributed by atoms with Gasteiger partial charge in [0.2, 0.25) is 5.91 Å². The van der Waals surface area contributed by atoms with Crippen LogP contribution < -0.4 is 11.1 Å². The first kappa shape index (κ1) is 16.2. The van der Waals surface area contributed by atoms with Gasteiger partial charge in [0.1, 0.15) is 0 Å². The Morgan fingerprint density at radius 3 is 3.05 bits per heavy atom. The molecule has 116 valence electrons. The number of amides is 1. The Morgan fingerprint density at radius 1 is 1.52 bits per heavy atom. The fourth-order valence-corrected chi connectivity index (χ4v) is 3.68. The zero-order chi connectivity index (χ0) is 15.2. The Balaban J connectivity index is 1.72. The van der Waals surface area contributed by atoms with Crippen LogP contribution >= 0.6 is 11.8 Å². The van der Waals surface area contributed by atoms with Crippen molar-refractivity contribution in [1.82, 2.24) is 4.90 Å². The Morgan fingerprint density at radius 2 is 2.33 bits per heavy atom. The number of carbonyl (C=O) groups is 1. The van der Waals surface area contributed by atoms with Gasteiger partial charge in [-0.15, -0.1) is 0 Å². The van der Waals surface area contributed by atoms with Gasteiger partial charge in [-0.3, -0.25) is 4.79 Å². The topological polar surface area (TPSA) is 58.4 Å². The number of carbonyl (C=O) groups excluding carboxylic acids is 1. The first-order valence-corrected chi connectivity index (χ1v) is 8.59. The highest BCUT2D eigenvalue weighted by atomic mass is 32.2. The van der Waals surface area contributed by atoms with E-state index in [1.807, 2.05) is 36.9 Å². The van der Waals surface area contributed by atoms with Gasteiger partial charge < -0.3 is 16.0 Å². The number of hydrogen-bond donors (Lipinski definition) is 2. The summed E-state index contributed by atoms with van der Waals surface area (Å²) >= 11 is 2.03. The van der Waals surface area contributed by atoms with Crippen molar-refractivity contribution in [2.75, 3.05) is 36.4 Å². The summed E-state index contributed by atoms with van der Waals surface area (Å²) in [5, 5.41) is 3.68. The first-order valence-electron chi connectivity index (χ1n) is 7.54. The molecule has 0 spiro atoms.